The Kier molecular flexibility index (Phi) is 4.86. The normalized spacial score (nSPS) is 10.8. The number of fused-ring (bicyclic) bond motifs is 1. The number of amides is 1. The molecule has 0 unspecified atom stereocenters. The second kappa shape index (κ2) is 8.11. The summed E-state index contributed by atoms with van der Waals surface area (Å²) in [5, 5.41) is 2.87. The van der Waals surface area contributed by atoms with E-state index < -0.39 is 0 Å². The van der Waals surface area contributed by atoms with E-state index in [2.05, 4.69) is 20.3 Å². The Labute approximate surface area is 177 Å². The second-order valence-electron chi connectivity index (χ2n) is 6.84. The lowest BCUT2D eigenvalue weighted by Crippen LogP contribution is -2.12. The molecule has 0 saturated heterocycles. The largest absolute Gasteiger partial charge is 0.487 e. The zero-order valence-electron chi connectivity index (χ0n) is 16.4. The molecule has 0 saturated carbocycles. The fourth-order valence-electron chi connectivity index (χ4n) is 3.15. The Bertz CT molecular complexity index is 1290. The minimum Gasteiger partial charge on any atom is -0.487 e. The van der Waals surface area contributed by atoms with Crippen LogP contribution in [-0.2, 0) is 6.61 Å². The average Bonchev–Trinajstić information content (AvgIpc) is 3.48. The summed E-state index contributed by atoms with van der Waals surface area (Å²) in [7, 11) is 0. The van der Waals surface area contributed by atoms with Gasteiger partial charge in [0.2, 0.25) is 0 Å². The first-order valence-corrected chi connectivity index (χ1v) is 9.66. The maximum absolute atomic E-state index is 12.6. The van der Waals surface area contributed by atoms with Crippen LogP contribution in [0.2, 0.25) is 0 Å². The molecular formula is C23H18N6O2. The van der Waals surface area contributed by atoms with Crippen LogP contribution in [0.5, 0.6) is 5.75 Å². The molecule has 4 heterocycles. The minimum absolute atomic E-state index is 0.248. The van der Waals surface area contributed by atoms with Crippen molar-refractivity contribution >= 4 is 17.2 Å². The van der Waals surface area contributed by atoms with E-state index in [1.807, 2.05) is 53.2 Å². The van der Waals surface area contributed by atoms with Gasteiger partial charge in [-0.05, 0) is 36.4 Å². The summed E-state index contributed by atoms with van der Waals surface area (Å²) in [5.41, 5.74) is 2.79. The highest BCUT2D eigenvalue weighted by molar-refractivity contribution is 6.04. The van der Waals surface area contributed by atoms with Crippen molar-refractivity contribution in [1.82, 2.24) is 23.9 Å². The molecule has 8 heteroatoms. The van der Waals surface area contributed by atoms with Crippen LogP contribution in [0.15, 0.2) is 91.9 Å². The van der Waals surface area contributed by atoms with Crippen molar-refractivity contribution in [3.8, 4) is 11.6 Å². The van der Waals surface area contributed by atoms with Crippen molar-refractivity contribution in [1.29, 1.82) is 0 Å². The van der Waals surface area contributed by atoms with Gasteiger partial charge in [0.05, 0.1) is 11.3 Å². The predicted molar refractivity (Wildman–Crippen MR) is 115 cm³/mol. The molecule has 0 aliphatic carbocycles. The number of carbonyl (C=O) groups is 1. The molecule has 0 radical (unpaired) electrons. The van der Waals surface area contributed by atoms with E-state index in [4.69, 9.17) is 4.74 Å². The summed E-state index contributed by atoms with van der Waals surface area (Å²) in [5.74, 6) is 1.09. The molecule has 0 aliphatic rings. The van der Waals surface area contributed by atoms with Crippen LogP contribution in [0.3, 0.4) is 0 Å². The molecule has 0 bridgehead atoms. The number of carbonyl (C=O) groups excluding carboxylic acids is 1. The molecule has 31 heavy (non-hydrogen) atoms. The lowest BCUT2D eigenvalue weighted by molar-refractivity contribution is 0.102. The summed E-state index contributed by atoms with van der Waals surface area (Å²) < 4.78 is 9.57. The number of imidazole rings is 2. The van der Waals surface area contributed by atoms with Crippen LogP contribution in [0.1, 0.15) is 16.1 Å². The molecule has 5 rings (SSSR count). The van der Waals surface area contributed by atoms with Crippen LogP contribution >= 0.6 is 0 Å². The van der Waals surface area contributed by atoms with Crippen molar-refractivity contribution in [2.24, 2.45) is 0 Å². The number of aromatic nitrogens is 5. The van der Waals surface area contributed by atoms with E-state index in [1.165, 1.54) is 6.20 Å². The molecule has 1 aromatic carbocycles. The van der Waals surface area contributed by atoms with Gasteiger partial charge >= 0.3 is 0 Å². The van der Waals surface area contributed by atoms with Crippen LogP contribution < -0.4 is 10.1 Å². The molecule has 4 aromatic heterocycles. The molecular weight excluding hydrogens is 392 g/mol. The second-order valence-corrected chi connectivity index (χ2v) is 6.84. The minimum atomic E-state index is -0.248. The fraction of sp³-hybridized carbons (Fsp3) is 0.0435. The van der Waals surface area contributed by atoms with Crippen molar-refractivity contribution in [3.05, 3.63) is 103 Å². The number of nitrogens with one attached hydrogen (secondary N) is 1. The van der Waals surface area contributed by atoms with Gasteiger partial charge in [-0.2, -0.15) is 0 Å². The smallest absolute Gasteiger partial charge is 0.257 e. The van der Waals surface area contributed by atoms with E-state index in [9.17, 15) is 4.79 Å². The van der Waals surface area contributed by atoms with E-state index in [1.54, 1.807) is 41.5 Å². The van der Waals surface area contributed by atoms with Crippen LogP contribution in [0.4, 0.5) is 5.69 Å². The summed E-state index contributed by atoms with van der Waals surface area (Å²) in [6.45, 7) is 0.332. The SMILES string of the molecule is O=C(Nc1cccc(OCc2cn3ccccc3n2)c1)c1ccc(-n2ccnc2)nc1. The molecule has 1 amide bonds. The van der Waals surface area contributed by atoms with Gasteiger partial charge in [0.1, 0.15) is 30.1 Å². The van der Waals surface area contributed by atoms with Gasteiger partial charge in [-0.15, -0.1) is 0 Å². The Morgan fingerprint density at radius 1 is 1.06 bits per heavy atom. The Balaban J connectivity index is 1.24. The van der Waals surface area contributed by atoms with Crippen molar-refractivity contribution in [2.45, 2.75) is 6.61 Å². The van der Waals surface area contributed by atoms with E-state index in [0.29, 0.717) is 29.4 Å². The lowest BCUT2D eigenvalue weighted by atomic mass is 10.2. The standard InChI is InChI=1S/C23H18N6O2/c30-23(17-7-8-21(25-13-17)29-11-9-24-16-29)27-18-4-3-5-20(12-18)31-15-19-14-28-10-2-1-6-22(28)26-19/h1-14,16H,15H2,(H,27,30). The molecule has 0 spiro atoms. The summed E-state index contributed by atoms with van der Waals surface area (Å²) in [6.07, 6.45) is 10.5. The maximum atomic E-state index is 12.6. The third kappa shape index (κ3) is 4.13. The topological polar surface area (TPSA) is 86.3 Å². The number of rotatable bonds is 6. The number of hydrogen-bond acceptors (Lipinski definition) is 5. The fourth-order valence-corrected chi connectivity index (χ4v) is 3.15. The van der Waals surface area contributed by atoms with E-state index in [-0.39, 0.29) is 5.91 Å². The van der Waals surface area contributed by atoms with Crippen LogP contribution in [-0.4, -0.2) is 29.8 Å². The molecule has 0 aliphatic heterocycles. The van der Waals surface area contributed by atoms with Gasteiger partial charge in [0.15, 0.2) is 0 Å². The number of ether oxygens (including phenoxy) is 1. The molecule has 1 N–H and O–H groups in total. The first kappa shape index (κ1) is 18.6. The summed E-state index contributed by atoms with van der Waals surface area (Å²) in [6, 6.07) is 16.6. The first-order chi connectivity index (χ1) is 15.2. The molecule has 0 atom stereocenters. The molecule has 8 nitrogen and oxygen atoms in total. The monoisotopic (exact) mass is 410 g/mol. The number of hydrogen-bond donors (Lipinski definition) is 1. The Hall–Kier alpha value is -4.46. The van der Waals surface area contributed by atoms with Crippen molar-refractivity contribution in [3.63, 3.8) is 0 Å². The van der Waals surface area contributed by atoms with Gasteiger partial charge in [0.25, 0.3) is 5.91 Å². The van der Waals surface area contributed by atoms with E-state index >= 15 is 0 Å². The number of benzene rings is 1. The van der Waals surface area contributed by atoms with Gasteiger partial charge in [-0.3, -0.25) is 9.36 Å². The van der Waals surface area contributed by atoms with Gasteiger partial charge in [-0.25, -0.2) is 15.0 Å². The maximum Gasteiger partial charge on any atom is 0.257 e. The Morgan fingerprint density at radius 2 is 2.03 bits per heavy atom. The molecule has 152 valence electrons. The van der Waals surface area contributed by atoms with Gasteiger partial charge in [-0.1, -0.05) is 12.1 Å². The zero-order chi connectivity index (χ0) is 21.0. The molecule has 5 aromatic rings. The van der Waals surface area contributed by atoms with E-state index in [0.717, 1.165) is 11.3 Å². The average molecular weight is 410 g/mol. The zero-order valence-corrected chi connectivity index (χ0v) is 16.4. The summed E-state index contributed by atoms with van der Waals surface area (Å²) >= 11 is 0. The lowest BCUT2D eigenvalue weighted by Gasteiger charge is -2.09. The van der Waals surface area contributed by atoms with Gasteiger partial charge in [0, 0.05) is 42.7 Å². The van der Waals surface area contributed by atoms with Gasteiger partial charge < -0.3 is 14.5 Å². The van der Waals surface area contributed by atoms with Crippen LogP contribution in [0.25, 0.3) is 11.5 Å². The first-order valence-electron chi connectivity index (χ1n) is 9.66. The number of anilines is 1. The van der Waals surface area contributed by atoms with Crippen LogP contribution in [0, 0.1) is 0 Å². The third-order valence-corrected chi connectivity index (χ3v) is 4.67. The summed E-state index contributed by atoms with van der Waals surface area (Å²) in [4.78, 5) is 25.4. The quantitative estimate of drug-likeness (QED) is 0.461. The highest BCUT2D eigenvalue weighted by Crippen LogP contribution is 2.19. The number of nitrogens with zero attached hydrogens (tertiary/aromatic N) is 5. The Morgan fingerprint density at radius 3 is 2.84 bits per heavy atom. The molecule has 0 fully saturated rings. The van der Waals surface area contributed by atoms with Crippen molar-refractivity contribution < 1.29 is 9.53 Å². The number of pyridine rings is 2. The highest BCUT2D eigenvalue weighted by atomic mass is 16.5. The third-order valence-electron chi connectivity index (χ3n) is 4.67. The highest BCUT2D eigenvalue weighted by Gasteiger charge is 2.09. The van der Waals surface area contributed by atoms with Crippen molar-refractivity contribution in [2.75, 3.05) is 5.32 Å². The predicted octanol–water partition coefficient (Wildman–Crippen LogP) is 3.75.